The van der Waals surface area contributed by atoms with Crippen LogP contribution in [-0.4, -0.2) is 29.8 Å². The highest BCUT2D eigenvalue weighted by Crippen LogP contribution is 2.29. The van der Waals surface area contributed by atoms with Crippen molar-refractivity contribution in [1.82, 2.24) is 9.88 Å². The molecule has 128 valence electrons. The Hall–Kier alpha value is -2.36. The number of aliphatic imine (C=N–C) groups is 1. The highest BCUT2D eigenvalue weighted by molar-refractivity contribution is 5.61. The zero-order chi connectivity index (χ0) is 17.7. The van der Waals surface area contributed by atoms with Gasteiger partial charge in [0.1, 0.15) is 5.75 Å². The zero-order valence-corrected chi connectivity index (χ0v) is 15.5. The molecule has 1 heterocycles. The summed E-state index contributed by atoms with van der Waals surface area (Å²) < 4.78 is 5.97. The fraction of sp³-hybridized carbons (Fsp3) is 0.400. The van der Waals surface area contributed by atoms with Gasteiger partial charge in [0, 0.05) is 19.2 Å². The second-order valence-electron chi connectivity index (χ2n) is 7.01. The summed E-state index contributed by atoms with van der Waals surface area (Å²) in [6, 6.07) is 10.2. The number of hydrogen-bond acceptors (Lipinski definition) is 3. The number of aryl methyl sites for hydroxylation is 1. The standard InChI is InChI=1S/C20H27N3O/c1-7-23(6)14-22-17-11-15(2)19(21-13-17)24-18-10-8-9-16(12-18)20(3,4)5/h8-14H,7H2,1-6H3/b22-14-. The Kier molecular flexibility index (Phi) is 5.60. The van der Waals surface area contributed by atoms with Crippen LogP contribution < -0.4 is 4.74 Å². The molecule has 4 heteroatoms. The molecule has 0 atom stereocenters. The molecule has 0 spiro atoms. The van der Waals surface area contributed by atoms with E-state index in [9.17, 15) is 0 Å². The largest absolute Gasteiger partial charge is 0.439 e. The van der Waals surface area contributed by atoms with E-state index in [0.29, 0.717) is 5.88 Å². The van der Waals surface area contributed by atoms with E-state index in [2.05, 4.69) is 49.8 Å². The van der Waals surface area contributed by atoms with Gasteiger partial charge in [-0.25, -0.2) is 9.98 Å². The molecule has 1 aromatic carbocycles. The molecule has 0 radical (unpaired) electrons. The van der Waals surface area contributed by atoms with Crippen molar-refractivity contribution in [1.29, 1.82) is 0 Å². The number of nitrogens with zero attached hydrogens (tertiary/aromatic N) is 3. The minimum absolute atomic E-state index is 0.0890. The van der Waals surface area contributed by atoms with E-state index in [4.69, 9.17) is 4.74 Å². The van der Waals surface area contributed by atoms with Crippen LogP contribution in [0.4, 0.5) is 5.69 Å². The van der Waals surface area contributed by atoms with Crippen molar-refractivity contribution in [2.24, 2.45) is 4.99 Å². The first-order valence-corrected chi connectivity index (χ1v) is 8.29. The Morgan fingerprint density at radius 3 is 2.62 bits per heavy atom. The van der Waals surface area contributed by atoms with Gasteiger partial charge in [0.15, 0.2) is 0 Å². The van der Waals surface area contributed by atoms with Crippen molar-refractivity contribution >= 4 is 12.0 Å². The van der Waals surface area contributed by atoms with E-state index < -0.39 is 0 Å². The van der Waals surface area contributed by atoms with Gasteiger partial charge in [0.25, 0.3) is 0 Å². The number of pyridine rings is 1. The normalized spacial score (nSPS) is 11.8. The fourth-order valence-corrected chi connectivity index (χ4v) is 2.11. The monoisotopic (exact) mass is 325 g/mol. The van der Waals surface area contributed by atoms with Crippen molar-refractivity contribution in [2.75, 3.05) is 13.6 Å². The molecule has 4 nitrogen and oxygen atoms in total. The fourth-order valence-electron chi connectivity index (χ4n) is 2.11. The van der Waals surface area contributed by atoms with Crippen molar-refractivity contribution in [3.05, 3.63) is 47.7 Å². The first-order chi connectivity index (χ1) is 11.3. The molecular formula is C20H27N3O. The molecule has 2 aromatic rings. The van der Waals surface area contributed by atoms with Gasteiger partial charge in [-0.1, -0.05) is 32.9 Å². The average molecular weight is 325 g/mol. The number of aromatic nitrogens is 1. The van der Waals surface area contributed by atoms with E-state index in [1.165, 1.54) is 5.56 Å². The smallest absolute Gasteiger partial charge is 0.222 e. The van der Waals surface area contributed by atoms with Crippen LogP contribution in [0, 0.1) is 6.92 Å². The van der Waals surface area contributed by atoms with Crippen LogP contribution in [0.5, 0.6) is 11.6 Å². The first kappa shape index (κ1) is 18.0. The second-order valence-corrected chi connectivity index (χ2v) is 7.01. The Labute approximate surface area is 145 Å². The van der Waals surface area contributed by atoms with E-state index in [1.54, 1.807) is 6.20 Å². The molecule has 24 heavy (non-hydrogen) atoms. The number of hydrogen-bond donors (Lipinski definition) is 0. The lowest BCUT2D eigenvalue weighted by molar-refractivity contribution is 0.456. The Balaban J connectivity index is 2.18. The SMILES string of the molecule is CCN(C)/C=N\c1cnc(Oc2cccc(C(C)(C)C)c2)c(C)c1. The van der Waals surface area contributed by atoms with E-state index in [1.807, 2.05) is 43.4 Å². The van der Waals surface area contributed by atoms with Crippen LogP contribution >= 0.6 is 0 Å². The van der Waals surface area contributed by atoms with Gasteiger partial charge in [-0.05, 0) is 43.0 Å². The molecule has 0 unspecified atom stereocenters. The zero-order valence-electron chi connectivity index (χ0n) is 15.5. The summed E-state index contributed by atoms with van der Waals surface area (Å²) in [4.78, 5) is 10.8. The average Bonchev–Trinajstić information content (AvgIpc) is 2.54. The van der Waals surface area contributed by atoms with Gasteiger partial charge < -0.3 is 9.64 Å². The van der Waals surface area contributed by atoms with Crippen molar-refractivity contribution in [2.45, 2.75) is 40.0 Å². The molecule has 0 aliphatic rings. The highest BCUT2D eigenvalue weighted by Gasteiger charge is 2.14. The van der Waals surface area contributed by atoms with Crippen LogP contribution in [0.1, 0.15) is 38.8 Å². The minimum atomic E-state index is 0.0890. The molecule has 0 fully saturated rings. The predicted octanol–water partition coefficient (Wildman–Crippen LogP) is 5.09. The molecule has 0 aliphatic heterocycles. The maximum absolute atomic E-state index is 5.97. The minimum Gasteiger partial charge on any atom is -0.439 e. The van der Waals surface area contributed by atoms with Crippen LogP contribution in [-0.2, 0) is 5.41 Å². The Morgan fingerprint density at radius 2 is 2.00 bits per heavy atom. The Bertz CT molecular complexity index is 717. The highest BCUT2D eigenvalue weighted by atomic mass is 16.5. The molecule has 0 bridgehead atoms. The van der Waals surface area contributed by atoms with Gasteiger partial charge in [0.05, 0.1) is 18.2 Å². The maximum atomic E-state index is 5.97. The number of ether oxygens (including phenoxy) is 1. The summed E-state index contributed by atoms with van der Waals surface area (Å²) in [5, 5.41) is 0. The quantitative estimate of drug-likeness (QED) is 0.567. The first-order valence-electron chi connectivity index (χ1n) is 8.29. The summed E-state index contributed by atoms with van der Waals surface area (Å²) in [5.74, 6) is 1.42. The molecule has 0 amide bonds. The van der Waals surface area contributed by atoms with Gasteiger partial charge in [-0.3, -0.25) is 0 Å². The maximum Gasteiger partial charge on any atom is 0.222 e. The molecule has 0 saturated heterocycles. The molecule has 1 aromatic heterocycles. The summed E-state index contributed by atoms with van der Waals surface area (Å²) in [7, 11) is 1.99. The van der Waals surface area contributed by atoms with Gasteiger partial charge in [-0.2, -0.15) is 0 Å². The van der Waals surface area contributed by atoms with Crippen LogP contribution in [0.15, 0.2) is 41.5 Å². The summed E-state index contributed by atoms with van der Waals surface area (Å²) in [5.41, 5.74) is 3.11. The molecular weight excluding hydrogens is 298 g/mol. The third-order valence-corrected chi connectivity index (χ3v) is 3.83. The van der Waals surface area contributed by atoms with Gasteiger partial charge >= 0.3 is 0 Å². The summed E-state index contributed by atoms with van der Waals surface area (Å²) >= 11 is 0. The number of rotatable bonds is 5. The van der Waals surface area contributed by atoms with Crippen LogP contribution in [0.3, 0.4) is 0 Å². The van der Waals surface area contributed by atoms with Crippen molar-refractivity contribution < 1.29 is 4.74 Å². The molecule has 0 aliphatic carbocycles. The van der Waals surface area contributed by atoms with Crippen LogP contribution in [0.25, 0.3) is 0 Å². The van der Waals surface area contributed by atoms with Crippen LogP contribution in [0.2, 0.25) is 0 Å². The van der Waals surface area contributed by atoms with Crippen molar-refractivity contribution in [3.8, 4) is 11.6 Å². The molecule has 0 saturated carbocycles. The van der Waals surface area contributed by atoms with Gasteiger partial charge in [0.2, 0.25) is 5.88 Å². The van der Waals surface area contributed by atoms with Gasteiger partial charge in [-0.15, -0.1) is 0 Å². The molecule has 2 rings (SSSR count). The lowest BCUT2D eigenvalue weighted by atomic mass is 9.87. The summed E-state index contributed by atoms with van der Waals surface area (Å²) in [6.07, 6.45) is 3.54. The lowest BCUT2D eigenvalue weighted by Gasteiger charge is -2.19. The third-order valence-electron chi connectivity index (χ3n) is 3.83. The van der Waals surface area contributed by atoms with E-state index in [-0.39, 0.29) is 5.41 Å². The molecule has 0 N–H and O–H groups in total. The van der Waals surface area contributed by atoms with E-state index >= 15 is 0 Å². The third kappa shape index (κ3) is 4.82. The number of benzene rings is 1. The predicted molar refractivity (Wildman–Crippen MR) is 101 cm³/mol. The van der Waals surface area contributed by atoms with Crippen molar-refractivity contribution in [3.63, 3.8) is 0 Å². The lowest BCUT2D eigenvalue weighted by Crippen LogP contribution is -2.14. The van der Waals surface area contributed by atoms with E-state index in [0.717, 1.165) is 23.5 Å². The second kappa shape index (κ2) is 7.47. The summed E-state index contributed by atoms with van der Waals surface area (Å²) in [6.45, 7) is 11.6. The topological polar surface area (TPSA) is 37.7 Å². The Morgan fingerprint density at radius 1 is 1.25 bits per heavy atom.